The fraction of sp³-hybridized carbons (Fsp3) is 0.435. The molecule has 2 nitrogen and oxygen atoms in total. The first kappa shape index (κ1) is 17.7. The van der Waals surface area contributed by atoms with Crippen LogP contribution in [-0.2, 0) is 16.8 Å². The second-order valence-electron chi connectivity index (χ2n) is 8.11. The lowest BCUT2D eigenvalue weighted by molar-refractivity contribution is -0.120. The molecule has 132 valence electrons. The number of ether oxygens (including phenoxy) is 1. The number of carbonyl (C=O) groups excluding carboxylic acids is 1. The molecule has 0 saturated heterocycles. The highest BCUT2D eigenvalue weighted by atomic mass is 16.5. The molecule has 0 spiro atoms. The number of hydrogen-bond acceptors (Lipinski definition) is 2. The minimum absolute atomic E-state index is 0.0752. The van der Waals surface area contributed by atoms with E-state index in [1.165, 1.54) is 11.1 Å². The van der Waals surface area contributed by atoms with Gasteiger partial charge in [-0.05, 0) is 46.9 Å². The van der Waals surface area contributed by atoms with Crippen molar-refractivity contribution in [3.8, 4) is 5.75 Å². The maximum absolute atomic E-state index is 11.9. The summed E-state index contributed by atoms with van der Waals surface area (Å²) in [4.78, 5) is 11.9. The predicted molar refractivity (Wildman–Crippen MR) is 102 cm³/mol. The lowest BCUT2D eigenvalue weighted by Crippen LogP contribution is -2.16. The number of benzene rings is 2. The van der Waals surface area contributed by atoms with Crippen molar-refractivity contribution in [2.75, 3.05) is 0 Å². The van der Waals surface area contributed by atoms with E-state index < -0.39 is 0 Å². The van der Waals surface area contributed by atoms with Crippen LogP contribution in [0.4, 0.5) is 0 Å². The van der Waals surface area contributed by atoms with E-state index in [9.17, 15) is 4.79 Å². The van der Waals surface area contributed by atoms with E-state index in [4.69, 9.17) is 4.74 Å². The Labute approximate surface area is 151 Å². The number of Topliss-reactive ketones (excluding diaryl/α,β-unsaturated/α-hetero) is 1. The van der Waals surface area contributed by atoms with Crippen LogP contribution in [0.2, 0.25) is 0 Å². The Bertz CT molecular complexity index is 726. The van der Waals surface area contributed by atoms with Gasteiger partial charge < -0.3 is 4.74 Å². The maximum Gasteiger partial charge on any atom is 0.133 e. The summed E-state index contributed by atoms with van der Waals surface area (Å²) in [6.45, 7) is 7.20. The number of hydrogen-bond donors (Lipinski definition) is 0. The van der Waals surface area contributed by atoms with Gasteiger partial charge in [0.1, 0.15) is 18.1 Å². The SMILES string of the molecule is CC(C)(C)c1ccc(C2CCCC(=O)C2)c(OCc2ccccc2)c1. The molecule has 0 bridgehead atoms. The topological polar surface area (TPSA) is 26.3 Å². The second-order valence-corrected chi connectivity index (χ2v) is 8.11. The Morgan fingerprint density at radius 2 is 1.84 bits per heavy atom. The van der Waals surface area contributed by atoms with E-state index in [0.717, 1.165) is 30.6 Å². The molecule has 1 fully saturated rings. The normalized spacial score (nSPS) is 18.2. The molecular weight excluding hydrogens is 308 g/mol. The summed E-state index contributed by atoms with van der Waals surface area (Å²) in [7, 11) is 0. The van der Waals surface area contributed by atoms with Gasteiger partial charge in [0, 0.05) is 12.8 Å². The molecule has 2 aromatic carbocycles. The Morgan fingerprint density at radius 1 is 1.08 bits per heavy atom. The molecule has 1 saturated carbocycles. The molecule has 3 rings (SSSR count). The molecule has 1 aliphatic rings. The van der Waals surface area contributed by atoms with E-state index in [0.29, 0.717) is 24.7 Å². The van der Waals surface area contributed by atoms with E-state index in [-0.39, 0.29) is 5.41 Å². The Balaban J connectivity index is 1.89. The minimum atomic E-state index is 0.0752. The average molecular weight is 336 g/mol. The van der Waals surface area contributed by atoms with Crippen molar-refractivity contribution < 1.29 is 9.53 Å². The highest BCUT2D eigenvalue weighted by molar-refractivity contribution is 5.80. The molecule has 0 amide bonds. The summed E-state index contributed by atoms with van der Waals surface area (Å²) in [5.74, 6) is 1.61. The van der Waals surface area contributed by atoms with Gasteiger partial charge in [0.15, 0.2) is 0 Å². The van der Waals surface area contributed by atoms with Gasteiger partial charge in [-0.1, -0.05) is 63.2 Å². The monoisotopic (exact) mass is 336 g/mol. The van der Waals surface area contributed by atoms with Crippen LogP contribution in [0.3, 0.4) is 0 Å². The summed E-state index contributed by atoms with van der Waals surface area (Å²) in [6, 6.07) is 16.8. The highest BCUT2D eigenvalue weighted by Gasteiger charge is 2.25. The summed E-state index contributed by atoms with van der Waals surface area (Å²) in [6.07, 6.45) is 3.44. The Morgan fingerprint density at radius 3 is 2.52 bits per heavy atom. The predicted octanol–water partition coefficient (Wildman–Crippen LogP) is 5.79. The summed E-state index contributed by atoms with van der Waals surface area (Å²) >= 11 is 0. The number of rotatable bonds is 4. The summed E-state index contributed by atoms with van der Waals surface area (Å²) in [5.41, 5.74) is 3.69. The van der Waals surface area contributed by atoms with Crippen LogP contribution in [0.15, 0.2) is 48.5 Å². The Kier molecular flexibility index (Phi) is 5.27. The smallest absolute Gasteiger partial charge is 0.133 e. The molecular formula is C23H28O2. The third-order valence-corrected chi connectivity index (χ3v) is 5.04. The van der Waals surface area contributed by atoms with Gasteiger partial charge in [-0.25, -0.2) is 0 Å². The Hall–Kier alpha value is -2.09. The first-order chi connectivity index (χ1) is 11.9. The van der Waals surface area contributed by atoms with Crippen molar-refractivity contribution >= 4 is 5.78 Å². The van der Waals surface area contributed by atoms with Crippen LogP contribution in [0.25, 0.3) is 0 Å². The molecule has 0 N–H and O–H groups in total. The van der Waals surface area contributed by atoms with Gasteiger partial charge in [0.25, 0.3) is 0 Å². The average Bonchev–Trinajstić information content (AvgIpc) is 2.60. The minimum Gasteiger partial charge on any atom is -0.489 e. The van der Waals surface area contributed by atoms with Crippen molar-refractivity contribution in [2.24, 2.45) is 0 Å². The highest BCUT2D eigenvalue weighted by Crippen LogP contribution is 2.38. The second kappa shape index (κ2) is 7.43. The van der Waals surface area contributed by atoms with Crippen LogP contribution in [0.1, 0.15) is 69.1 Å². The van der Waals surface area contributed by atoms with Gasteiger partial charge in [-0.15, -0.1) is 0 Å². The molecule has 0 aromatic heterocycles. The molecule has 25 heavy (non-hydrogen) atoms. The van der Waals surface area contributed by atoms with Crippen LogP contribution >= 0.6 is 0 Å². The van der Waals surface area contributed by atoms with E-state index in [2.05, 4.69) is 51.1 Å². The largest absolute Gasteiger partial charge is 0.489 e. The third-order valence-electron chi connectivity index (χ3n) is 5.04. The zero-order valence-corrected chi connectivity index (χ0v) is 15.5. The molecule has 1 atom stereocenters. The van der Waals surface area contributed by atoms with Gasteiger partial charge in [-0.3, -0.25) is 4.79 Å². The standard InChI is InChI=1S/C23H28O2/c1-23(2,3)19-12-13-21(18-10-7-11-20(24)14-18)22(15-19)25-16-17-8-5-4-6-9-17/h4-6,8-9,12-13,15,18H,7,10-11,14,16H2,1-3H3. The quantitative estimate of drug-likeness (QED) is 0.706. The van der Waals surface area contributed by atoms with Gasteiger partial charge >= 0.3 is 0 Å². The summed E-state index contributed by atoms with van der Waals surface area (Å²) < 4.78 is 6.24. The lowest BCUT2D eigenvalue weighted by atomic mass is 9.80. The van der Waals surface area contributed by atoms with Gasteiger partial charge in [0.05, 0.1) is 0 Å². The third kappa shape index (κ3) is 4.50. The first-order valence-electron chi connectivity index (χ1n) is 9.26. The fourth-order valence-corrected chi connectivity index (χ4v) is 3.49. The van der Waals surface area contributed by atoms with Gasteiger partial charge in [-0.2, -0.15) is 0 Å². The zero-order valence-electron chi connectivity index (χ0n) is 15.5. The van der Waals surface area contributed by atoms with Crippen LogP contribution in [0, 0.1) is 0 Å². The van der Waals surface area contributed by atoms with Crippen molar-refractivity contribution in [3.63, 3.8) is 0 Å². The first-order valence-corrected chi connectivity index (χ1v) is 9.26. The van der Waals surface area contributed by atoms with Crippen LogP contribution in [-0.4, -0.2) is 5.78 Å². The number of ketones is 1. The van der Waals surface area contributed by atoms with E-state index in [1.807, 2.05) is 18.2 Å². The molecule has 2 aromatic rings. The zero-order chi connectivity index (χ0) is 17.9. The molecule has 2 heteroatoms. The molecule has 0 heterocycles. The van der Waals surface area contributed by atoms with Crippen molar-refractivity contribution in [1.29, 1.82) is 0 Å². The maximum atomic E-state index is 11.9. The van der Waals surface area contributed by atoms with E-state index in [1.54, 1.807) is 0 Å². The molecule has 0 radical (unpaired) electrons. The van der Waals surface area contributed by atoms with Crippen molar-refractivity contribution in [2.45, 2.75) is 64.4 Å². The van der Waals surface area contributed by atoms with Crippen LogP contribution < -0.4 is 4.74 Å². The summed E-state index contributed by atoms with van der Waals surface area (Å²) in [5, 5.41) is 0. The van der Waals surface area contributed by atoms with Gasteiger partial charge in [0.2, 0.25) is 0 Å². The molecule has 1 unspecified atom stereocenters. The van der Waals surface area contributed by atoms with Crippen molar-refractivity contribution in [3.05, 3.63) is 65.2 Å². The molecule has 1 aliphatic carbocycles. The fourth-order valence-electron chi connectivity index (χ4n) is 3.49. The van der Waals surface area contributed by atoms with Crippen molar-refractivity contribution in [1.82, 2.24) is 0 Å². The molecule has 0 aliphatic heterocycles. The van der Waals surface area contributed by atoms with E-state index >= 15 is 0 Å². The lowest BCUT2D eigenvalue weighted by Gasteiger charge is -2.26. The number of carbonyl (C=O) groups is 1. The van der Waals surface area contributed by atoms with Crippen LogP contribution in [0.5, 0.6) is 5.75 Å².